The highest BCUT2D eigenvalue weighted by atomic mass is 16.1. The molecule has 0 amide bonds. The maximum absolute atomic E-state index is 11.8. The van der Waals surface area contributed by atoms with Crippen LogP contribution >= 0.6 is 0 Å². The number of para-hydroxylation sites is 1. The van der Waals surface area contributed by atoms with Gasteiger partial charge in [0.2, 0.25) is 0 Å². The van der Waals surface area contributed by atoms with E-state index in [2.05, 4.69) is 30.0 Å². The molecule has 1 aliphatic heterocycles. The summed E-state index contributed by atoms with van der Waals surface area (Å²) in [6, 6.07) is 7.95. The summed E-state index contributed by atoms with van der Waals surface area (Å²) in [5, 5.41) is 0. The van der Waals surface area contributed by atoms with Crippen molar-refractivity contribution in [3.63, 3.8) is 0 Å². The van der Waals surface area contributed by atoms with Crippen LogP contribution < -0.4 is 4.90 Å². The smallest absolute Gasteiger partial charge is 0.166 e. The van der Waals surface area contributed by atoms with Gasteiger partial charge < -0.3 is 9.80 Å². The third-order valence-electron chi connectivity index (χ3n) is 3.19. The van der Waals surface area contributed by atoms with E-state index in [1.165, 1.54) is 0 Å². The molecular formula is C14H20N2O. The second kappa shape index (κ2) is 5.32. The van der Waals surface area contributed by atoms with Gasteiger partial charge in [-0.25, -0.2) is 0 Å². The van der Waals surface area contributed by atoms with Gasteiger partial charge in [0.1, 0.15) is 0 Å². The van der Waals surface area contributed by atoms with Crippen molar-refractivity contribution in [2.45, 2.75) is 12.8 Å². The van der Waals surface area contributed by atoms with E-state index in [0.717, 1.165) is 37.3 Å². The van der Waals surface area contributed by atoms with Gasteiger partial charge in [0.25, 0.3) is 0 Å². The van der Waals surface area contributed by atoms with Crippen LogP contribution in [0.3, 0.4) is 0 Å². The Hall–Kier alpha value is -1.35. The van der Waals surface area contributed by atoms with E-state index in [1.54, 1.807) is 0 Å². The van der Waals surface area contributed by atoms with Crippen molar-refractivity contribution in [3.8, 4) is 0 Å². The van der Waals surface area contributed by atoms with E-state index in [1.807, 2.05) is 18.2 Å². The van der Waals surface area contributed by atoms with Crippen LogP contribution in [-0.2, 0) is 0 Å². The first-order valence-corrected chi connectivity index (χ1v) is 6.20. The zero-order chi connectivity index (χ0) is 12.3. The van der Waals surface area contributed by atoms with Crippen LogP contribution in [-0.4, -0.2) is 44.4 Å². The summed E-state index contributed by atoms with van der Waals surface area (Å²) >= 11 is 0. The highest BCUT2D eigenvalue weighted by molar-refractivity contribution is 6.03. The predicted octanol–water partition coefficient (Wildman–Crippen LogP) is 2.03. The molecule has 0 radical (unpaired) electrons. The molecule has 2 rings (SSSR count). The highest BCUT2D eigenvalue weighted by Crippen LogP contribution is 2.26. The number of fused-ring (bicyclic) bond motifs is 1. The molecule has 0 N–H and O–H groups in total. The van der Waals surface area contributed by atoms with Gasteiger partial charge in [0.15, 0.2) is 5.78 Å². The molecule has 3 heteroatoms. The van der Waals surface area contributed by atoms with E-state index in [9.17, 15) is 4.79 Å². The Kier molecular flexibility index (Phi) is 3.79. The summed E-state index contributed by atoms with van der Waals surface area (Å²) in [6.07, 6.45) is 1.79. The minimum atomic E-state index is 0.282. The maximum atomic E-state index is 11.8. The second-order valence-electron chi connectivity index (χ2n) is 4.83. The van der Waals surface area contributed by atoms with Crippen molar-refractivity contribution in [2.75, 3.05) is 38.6 Å². The fourth-order valence-corrected chi connectivity index (χ4v) is 2.29. The summed E-state index contributed by atoms with van der Waals surface area (Å²) in [6.45, 7) is 2.98. The highest BCUT2D eigenvalue weighted by Gasteiger charge is 2.21. The fourth-order valence-electron chi connectivity index (χ4n) is 2.29. The summed E-state index contributed by atoms with van der Waals surface area (Å²) in [7, 11) is 4.18. The summed E-state index contributed by atoms with van der Waals surface area (Å²) in [5.41, 5.74) is 2.01. The molecule has 92 valence electrons. The quantitative estimate of drug-likeness (QED) is 0.793. The molecule has 17 heavy (non-hydrogen) atoms. The molecule has 0 fully saturated rings. The molecule has 0 bridgehead atoms. The molecule has 1 aliphatic rings. The van der Waals surface area contributed by atoms with Crippen molar-refractivity contribution in [2.24, 2.45) is 0 Å². The first kappa shape index (κ1) is 12.1. The number of ketones is 1. The zero-order valence-electron chi connectivity index (χ0n) is 10.6. The van der Waals surface area contributed by atoms with Crippen molar-refractivity contribution in [3.05, 3.63) is 29.8 Å². The van der Waals surface area contributed by atoms with Crippen LogP contribution in [0, 0.1) is 0 Å². The minimum absolute atomic E-state index is 0.282. The largest absolute Gasteiger partial charge is 0.370 e. The molecular weight excluding hydrogens is 212 g/mol. The molecule has 1 heterocycles. The maximum Gasteiger partial charge on any atom is 0.166 e. The van der Waals surface area contributed by atoms with Crippen molar-refractivity contribution in [1.82, 2.24) is 4.90 Å². The average Bonchev–Trinajstić information content (AvgIpc) is 2.32. The van der Waals surface area contributed by atoms with E-state index in [0.29, 0.717) is 6.42 Å². The zero-order valence-corrected chi connectivity index (χ0v) is 10.6. The summed E-state index contributed by atoms with van der Waals surface area (Å²) in [5.74, 6) is 0.282. The third kappa shape index (κ3) is 2.86. The van der Waals surface area contributed by atoms with Crippen LogP contribution in [0.15, 0.2) is 24.3 Å². The Bertz CT molecular complexity index is 401. The number of anilines is 1. The Morgan fingerprint density at radius 1 is 1.29 bits per heavy atom. The monoisotopic (exact) mass is 232 g/mol. The van der Waals surface area contributed by atoms with Gasteiger partial charge >= 0.3 is 0 Å². The van der Waals surface area contributed by atoms with E-state index in [-0.39, 0.29) is 5.78 Å². The normalized spacial score (nSPS) is 15.2. The number of rotatable bonds is 4. The van der Waals surface area contributed by atoms with Gasteiger partial charge in [-0.05, 0) is 39.2 Å². The van der Waals surface area contributed by atoms with Crippen molar-refractivity contribution >= 4 is 11.5 Å². The van der Waals surface area contributed by atoms with Gasteiger partial charge in [0.05, 0.1) is 0 Å². The van der Waals surface area contributed by atoms with Gasteiger partial charge in [-0.1, -0.05) is 12.1 Å². The number of carbonyl (C=O) groups excluding carboxylic acids is 1. The molecule has 1 aromatic carbocycles. The van der Waals surface area contributed by atoms with Gasteiger partial charge in [-0.2, -0.15) is 0 Å². The number of hydrogen-bond acceptors (Lipinski definition) is 3. The van der Waals surface area contributed by atoms with Gasteiger partial charge in [-0.3, -0.25) is 4.79 Å². The van der Waals surface area contributed by atoms with Gasteiger partial charge in [0, 0.05) is 30.8 Å². The van der Waals surface area contributed by atoms with Crippen LogP contribution in [0.1, 0.15) is 23.2 Å². The Morgan fingerprint density at radius 2 is 2.06 bits per heavy atom. The van der Waals surface area contributed by atoms with Crippen LogP contribution in [0.2, 0.25) is 0 Å². The minimum Gasteiger partial charge on any atom is -0.370 e. The first-order valence-electron chi connectivity index (χ1n) is 6.20. The van der Waals surface area contributed by atoms with E-state index in [4.69, 9.17) is 0 Å². The second-order valence-corrected chi connectivity index (χ2v) is 4.83. The lowest BCUT2D eigenvalue weighted by molar-refractivity contribution is 0.0980. The molecule has 0 aromatic heterocycles. The molecule has 0 unspecified atom stereocenters. The molecule has 0 aliphatic carbocycles. The summed E-state index contributed by atoms with van der Waals surface area (Å²) < 4.78 is 0. The van der Waals surface area contributed by atoms with Crippen molar-refractivity contribution < 1.29 is 4.79 Å². The van der Waals surface area contributed by atoms with Crippen molar-refractivity contribution in [1.29, 1.82) is 0 Å². The van der Waals surface area contributed by atoms with E-state index < -0.39 is 0 Å². The topological polar surface area (TPSA) is 23.6 Å². The number of benzene rings is 1. The Labute approximate surface area is 103 Å². The third-order valence-corrected chi connectivity index (χ3v) is 3.19. The number of hydrogen-bond donors (Lipinski definition) is 0. The molecule has 0 saturated carbocycles. The lowest BCUT2D eigenvalue weighted by Gasteiger charge is -2.30. The number of nitrogens with zero attached hydrogens (tertiary/aromatic N) is 2. The molecule has 0 atom stereocenters. The fraction of sp³-hybridized carbons (Fsp3) is 0.500. The van der Waals surface area contributed by atoms with E-state index >= 15 is 0 Å². The Morgan fingerprint density at radius 3 is 2.82 bits per heavy atom. The average molecular weight is 232 g/mol. The number of Topliss-reactive ketones (excluding diaryl/α,β-unsaturated/α-hetero) is 1. The standard InChI is InChI=1S/C14H20N2O/c1-15(2)9-5-10-16-11-8-14(17)12-6-3-4-7-13(12)16/h3-4,6-7H,5,8-11H2,1-2H3. The van der Waals surface area contributed by atoms with Crippen LogP contribution in [0.5, 0.6) is 0 Å². The molecule has 3 nitrogen and oxygen atoms in total. The molecule has 0 spiro atoms. The molecule has 0 saturated heterocycles. The first-order chi connectivity index (χ1) is 8.18. The summed E-state index contributed by atoms with van der Waals surface area (Å²) in [4.78, 5) is 16.3. The lowest BCUT2D eigenvalue weighted by atomic mass is 10.0. The van der Waals surface area contributed by atoms with Gasteiger partial charge in [-0.15, -0.1) is 0 Å². The van der Waals surface area contributed by atoms with Crippen LogP contribution in [0.25, 0.3) is 0 Å². The van der Waals surface area contributed by atoms with Crippen LogP contribution in [0.4, 0.5) is 5.69 Å². The predicted molar refractivity (Wildman–Crippen MR) is 70.8 cm³/mol. The number of carbonyl (C=O) groups is 1. The molecule has 1 aromatic rings. The Balaban J connectivity index is 2.05. The lowest BCUT2D eigenvalue weighted by Crippen LogP contribution is -2.34. The SMILES string of the molecule is CN(C)CCCN1CCC(=O)c2ccccc21.